The number of fused-ring (bicyclic) bond motifs is 1. The van der Waals surface area contributed by atoms with E-state index in [-0.39, 0.29) is 17.7 Å². The molecule has 2 amide bonds. The molecule has 0 radical (unpaired) electrons. The third kappa shape index (κ3) is 5.02. The van der Waals surface area contributed by atoms with Crippen LogP contribution in [0.3, 0.4) is 0 Å². The van der Waals surface area contributed by atoms with Crippen molar-refractivity contribution in [1.82, 2.24) is 14.8 Å². The molecule has 1 atom stereocenters. The predicted molar refractivity (Wildman–Crippen MR) is 128 cm³/mol. The van der Waals surface area contributed by atoms with Gasteiger partial charge in [0.15, 0.2) is 5.13 Å². The summed E-state index contributed by atoms with van der Waals surface area (Å²) in [6.07, 6.45) is 6.61. The fraction of sp³-hybridized carbons (Fsp3) is 0.400. The van der Waals surface area contributed by atoms with Crippen molar-refractivity contribution in [1.29, 1.82) is 0 Å². The van der Waals surface area contributed by atoms with Crippen LogP contribution >= 0.6 is 11.3 Å². The van der Waals surface area contributed by atoms with Crippen molar-refractivity contribution >= 4 is 28.3 Å². The Morgan fingerprint density at radius 2 is 1.94 bits per heavy atom. The van der Waals surface area contributed by atoms with Gasteiger partial charge in [-0.05, 0) is 37.3 Å². The molecule has 3 heterocycles. The first-order valence-electron chi connectivity index (χ1n) is 11.6. The van der Waals surface area contributed by atoms with Gasteiger partial charge in [-0.1, -0.05) is 30.3 Å². The molecule has 1 aliphatic heterocycles. The number of amides is 2. The molecule has 5 rings (SSSR count). The third-order valence-corrected chi connectivity index (χ3v) is 7.55. The van der Waals surface area contributed by atoms with Crippen molar-refractivity contribution in [3.05, 3.63) is 70.6 Å². The highest BCUT2D eigenvalue weighted by atomic mass is 32.1. The summed E-state index contributed by atoms with van der Waals surface area (Å²) in [7, 11) is 0. The highest BCUT2D eigenvalue weighted by Crippen LogP contribution is 2.38. The molecule has 1 saturated heterocycles. The second-order valence-corrected chi connectivity index (χ2v) is 9.72. The molecule has 1 aliphatic carbocycles. The van der Waals surface area contributed by atoms with Crippen LogP contribution in [0, 0.1) is 0 Å². The van der Waals surface area contributed by atoms with Crippen LogP contribution in [0.5, 0.6) is 0 Å². The Labute approximate surface area is 197 Å². The number of hydrogen-bond acceptors (Lipinski definition) is 6. The number of furan rings is 1. The largest absolute Gasteiger partial charge is 0.472 e. The zero-order valence-corrected chi connectivity index (χ0v) is 19.4. The van der Waals surface area contributed by atoms with Crippen LogP contribution in [0.2, 0.25) is 0 Å². The van der Waals surface area contributed by atoms with Gasteiger partial charge in [0.05, 0.1) is 23.4 Å². The Morgan fingerprint density at radius 1 is 1.12 bits per heavy atom. The molecule has 7 nitrogen and oxygen atoms in total. The number of hydrogen-bond donors (Lipinski definition) is 1. The number of anilines is 1. The number of nitrogens with one attached hydrogen (secondary N) is 1. The summed E-state index contributed by atoms with van der Waals surface area (Å²) >= 11 is 1.48. The predicted octanol–water partition coefficient (Wildman–Crippen LogP) is 3.80. The van der Waals surface area contributed by atoms with Gasteiger partial charge in [-0.3, -0.25) is 19.8 Å². The second kappa shape index (κ2) is 9.89. The first-order valence-corrected chi connectivity index (χ1v) is 12.4. The molecule has 1 aromatic carbocycles. The number of nitrogens with zero attached hydrogens (tertiary/aromatic N) is 3. The molecule has 2 aliphatic rings. The number of thiazole rings is 1. The molecular formula is C25H28N4O3S. The average Bonchev–Trinajstić information content (AvgIpc) is 3.53. The maximum Gasteiger partial charge on any atom is 0.260 e. The Balaban J connectivity index is 1.18. The van der Waals surface area contributed by atoms with Crippen molar-refractivity contribution in [2.24, 2.45) is 0 Å². The summed E-state index contributed by atoms with van der Waals surface area (Å²) in [5.74, 6) is -0.276. The first-order chi connectivity index (χ1) is 16.2. The van der Waals surface area contributed by atoms with E-state index >= 15 is 0 Å². The molecule has 172 valence electrons. The number of aromatic nitrogens is 1. The summed E-state index contributed by atoms with van der Waals surface area (Å²) < 4.78 is 4.98. The summed E-state index contributed by atoms with van der Waals surface area (Å²) in [5.41, 5.74) is 2.66. The number of benzene rings is 1. The van der Waals surface area contributed by atoms with E-state index in [9.17, 15) is 9.59 Å². The SMILES string of the molecule is O=C(Nc1nc2c(s1)CCCC2C(=O)N1CCN(CCc2ccccc2)CC1)c1ccoc1. The lowest BCUT2D eigenvalue weighted by Gasteiger charge is -2.37. The maximum absolute atomic E-state index is 13.4. The third-order valence-electron chi connectivity index (χ3n) is 6.50. The average molecular weight is 465 g/mol. The van der Waals surface area contributed by atoms with Crippen molar-refractivity contribution in [2.75, 3.05) is 38.0 Å². The summed E-state index contributed by atoms with van der Waals surface area (Å²) in [5, 5.41) is 3.40. The van der Waals surface area contributed by atoms with Gasteiger partial charge in [0.1, 0.15) is 6.26 Å². The van der Waals surface area contributed by atoms with Crippen molar-refractivity contribution in [3.63, 3.8) is 0 Å². The van der Waals surface area contributed by atoms with E-state index in [0.29, 0.717) is 10.7 Å². The lowest BCUT2D eigenvalue weighted by molar-refractivity contribution is -0.135. The number of rotatable bonds is 6. The number of piperazine rings is 1. The zero-order valence-electron chi connectivity index (χ0n) is 18.5. The van der Waals surface area contributed by atoms with E-state index in [2.05, 4.69) is 39.5 Å². The van der Waals surface area contributed by atoms with Crippen LogP contribution in [-0.4, -0.2) is 59.3 Å². The van der Waals surface area contributed by atoms with Crippen LogP contribution in [0.15, 0.2) is 53.3 Å². The monoisotopic (exact) mass is 464 g/mol. The molecule has 1 unspecified atom stereocenters. The van der Waals surface area contributed by atoms with Crippen LogP contribution in [0.1, 0.15) is 45.3 Å². The quantitative estimate of drug-likeness (QED) is 0.600. The smallest absolute Gasteiger partial charge is 0.260 e. The number of carbonyl (C=O) groups excluding carboxylic acids is 2. The van der Waals surface area contributed by atoms with Crippen molar-refractivity contribution in [2.45, 2.75) is 31.6 Å². The van der Waals surface area contributed by atoms with Crippen LogP contribution < -0.4 is 5.32 Å². The summed E-state index contributed by atoms with van der Waals surface area (Å²) in [4.78, 5) is 36.0. The van der Waals surface area contributed by atoms with Gasteiger partial charge in [0.2, 0.25) is 5.91 Å². The fourth-order valence-corrected chi connectivity index (χ4v) is 5.68. The van der Waals surface area contributed by atoms with Crippen LogP contribution in [0.25, 0.3) is 0 Å². The number of aryl methyl sites for hydroxylation is 1. The highest BCUT2D eigenvalue weighted by molar-refractivity contribution is 7.16. The molecule has 33 heavy (non-hydrogen) atoms. The van der Waals surface area contributed by atoms with Crippen LogP contribution in [-0.2, 0) is 17.6 Å². The summed E-state index contributed by atoms with van der Waals surface area (Å²) in [6, 6.07) is 12.2. The van der Waals surface area contributed by atoms with E-state index in [1.54, 1.807) is 6.07 Å². The minimum atomic E-state index is -0.246. The van der Waals surface area contributed by atoms with Gasteiger partial charge >= 0.3 is 0 Å². The van der Waals surface area contributed by atoms with Crippen molar-refractivity contribution < 1.29 is 14.0 Å². The molecular weight excluding hydrogens is 436 g/mol. The normalized spacial score (nSPS) is 18.7. The molecule has 3 aromatic rings. The topological polar surface area (TPSA) is 78.7 Å². The van der Waals surface area contributed by atoms with Gasteiger partial charge < -0.3 is 9.32 Å². The Morgan fingerprint density at radius 3 is 2.70 bits per heavy atom. The molecule has 0 saturated carbocycles. The van der Waals surface area contributed by atoms with Gasteiger partial charge in [0, 0.05) is 37.6 Å². The van der Waals surface area contributed by atoms with E-state index in [0.717, 1.165) is 69.0 Å². The molecule has 0 bridgehead atoms. The minimum absolute atomic E-state index is 0.177. The molecule has 1 N–H and O–H groups in total. The lowest BCUT2D eigenvalue weighted by Crippen LogP contribution is -2.50. The zero-order chi connectivity index (χ0) is 22.6. The van der Waals surface area contributed by atoms with E-state index in [1.165, 1.54) is 29.4 Å². The molecule has 2 aromatic heterocycles. The van der Waals surface area contributed by atoms with E-state index < -0.39 is 0 Å². The minimum Gasteiger partial charge on any atom is -0.472 e. The molecule has 0 spiro atoms. The van der Waals surface area contributed by atoms with Gasteiger partial charge in [0.25, 0.3) is 5.91 Å². The van der Waals surface area contributed by atoms with E-state index in [1.807, 2.05) is 11.0 Å². The fourth-order valence-electron chi connectivity index (χ4n) is 4.62. The van der Waals surface area contributed by atoms with Crippen molar-refractivity contribution in [3.8, 4) is 0 Å². The molecule has 1 fully saturated rings. The van der Waals surface area contributed by atoms with Gasteiger partial charge in [-0.2, -0.15) is 0 Å². The van der Waals surface area contributed by atoms with Crippen LogP contribution in [0.4, 0.5) is 5.13 Å². The van der Waals surface area contributed by atoms with Gasteiger partial charge in [-0.15, -0.1) is 11.3 Å². The maximum atomic E-state index is 13.4. The highest BCUT2D eigenvalue weighted by Gasteiger charge is 2.34. The molecule has 8 heteroatoms. The Kier molecular flexibility index (Phi) is 6.55. The Hall–Kier alpha value is -2.97. The first kappa shape index (κ1) is 21.9. The Bertz CT molecular complexity index is 1090. The number of carbonyl (C=O) groups is 2. The standard InChI is InChI=1S/C25H28N4O3S/c30-23(19-10-16-32-17-19)27-25-26-22-20(7-4-8-21(22)33-25)24(31)29-14-12-28(13-15-29)11-9-18-5-2-1-3-6-18/h1-3,5-6,10,16-17,20H,4,7-9,11-15H2,(H,26,27,30). The summed E-state index contributed by atoms with van der Waals surface area (Å²) in [6.45, 7) is 4.34. The van der Waals surface area contributed by atoms with Gasteiger partial charge in [-0.25, -0.2) is 4.98 Å². The second-order valence-electron chi connectivity index (χ2n) is 8.64. The lowest BCUT2D eigenvalue weighted by atomic mass is 9.89. The van der Waals surface area contributed by atoms with E-state index in [4.69, 9.17) is 4.42 Å².